The molecule has 1 aromatic heterocycles. The van der Waals surface area contributed by atoms with Gasteiger partial charge in [0.05, 0.1) is 5.02 Å². The molecule has 1 heterocycles. The van der Waals surface area contributed by atoms with E-state index >= 15 is 0 Å². The molecule has 2 nitrogen and oxygen atoms in total. The fourth-order valence-electron chi connectivity index (χ4n) is 1.14. The molecule has 14 heavy (non-hydrogen) atoms. The number of aromatic nitrogens is 1. The van der Waals surface area contributed by atoms with Crippen molar-refractivity contribution in [2.45, 2.75) is 18.9 Å². The van der Waals surface area contributed by atoms with Crippen LogP contribution in [0.5, 0.6) is 0 Å². The topological polar surface area (TPSA) is 38.9 Å². The summed E-state index contributed by atoms with van der Waals surface area (Å²) in [5.74, 6) is 0. The second-order valence-electron chi connectivity index (χ2n) is 2.87. The van der Waals surface area contributed by atoms with Gasteiger partial charge >= 0.3 is 0 Å². The quantitative estimate of drug-likeness (QED) is 0.811. The van der Waals surface area contributed by atoms with Crippen molar-refractivity contribution in [3.63, 3.8) is 0 Å². The number of nitrogens with two attached hydrogens (primary N) is 1. The van der Waals surface area contributed by atoms with E-state index in [-0.39, 0.29) is 18.4 Å². The third-order valence-corrected chi connectivity index (χ3v) is 2.20. The van der Waals surface area contributed by atoms with Gasteiger partial charge in [0.2, 0.25) is 0 Å². The molecule has 0 radical (unpaired) electrons. The summed E-state index contributed by atoms with van der Waals surface area (Å²) in [6.45, 7) is 3.65. The molecule has 0 aliphatic rings. The number of nitrogens with zero attached hydrogens (tertiary/aromatic N) is 1. The second kappa shape index (κ2) is 6.82. The van der Waals surface area contributed by atoms with E-state index in [1.54, 1.807) is 12.4 Å². The summed E-state index contributed by atoms with van der Waals surface area (Å²) in [6, 6.07) is 1.84. The number of rotatable bonds is 4. The summed E-state index contributed by atoms with van der Waals surface area (Å²) in [5.41, 5.74) is 6.88. The molecule has 0 bridgehead atoms. The van der Waals surface area contributed by atoms with Gasteiger partial charge in [0.1, 0.15) is 0 Å². The monoisotopic (exact) mass is 232 g/mol. The van der Waals surface area contributed by atoms with Crippen LogP contribution >= 0.6 is 24.0 Å². The van der Waals surface area contributed by atoms with Gasteiger partial charge in [-0.05, 0) is 24.5 Å². The molecule has 0 aliphatic carbocycles. The van der Waals surface area contributed by atoms with E-state index in [0.29, 0.717) is 5.02 Å². The Morgan fingerprint density at radius 3 is 2.93 bits per heavy atom. The normalized spacial score (nSPS) is 11.6. The van der Waals surface area contributed by atoms with Gasteiger partial charge in [-0.2, -0.15) is 0 Å². The van der Waals surface area contributed by atoms with Crippen molar-refractivity contribution in [1.82, 2.24) is 4.98 Å². The fraction of sp³-hybridized carbons (Fsp3) is 0.300. The molecule has 0 aromatic carbocycles. The zero-order chi connectivity index (χ0) is 9.68. The van der Waals surface area contributed by atoms with Gasteiger partial charge < -0.3 is 5.73 Å². The molecule has 0 amide bonds. The lowest BCUT2D eigenvalue weighted by Crippen LogP contribution is -2.10. The van der Waals surface area contributed by atoms with Gasteiger partial charge in [0, 0.05) is 18.4 Å². The number of allylic oxidation sites excluding steroid dienone is 1. The highest BCUT2D eigenvalue weighted by Gasteiger charge is 2.08. The molecule has 0 spiro atoms. The summed E-state index contributed by atoms with van der Waals surface area (Å²) < 4.78 is 0. The van der Waals surface area contributed by atoms with Gasteiger partial charge in [0.15, 0.2) is 0 Å². The van der Waals surface area contributed by atoms with E-state index in [1.165, 1.54) is 0 Å². The van der Waals surface area contributed by atoms with Gasteiger partial charge in [0.25, 0.3) is 0 Å². The van der Waals surface area contributed by atoms with Crippen molar-refractivity contribution in [3.05, 3.63) is 41.7 Å². The van der Waals surface area contributed by atoms with E-state index in [2.05, 4.69) is 11.6 Å². The van der Waals surface area contributed by atoms with Crippen molar-refractivity contribution < 1.29 is 0 Å². The van der Waals surface area contributed by atoms with E-state index in [4.69, 9.17) is 17.3 Å². The molecule has 2 N–H and O–H groups in total. The van der Waals surface area contributed by atoms with Crippen LogP contribution in [0.1, 0.15) is 24.4 Å². The molecule has 1 rings (SSSR count). The van der Waals surface area contributed by atoms with Crippen molar-refractivity contribution in [2.75, 3.05) is 0 Å². The van der Waals surface area contributed by atoms with Crippen molar-refractivity contribution in [2.24, 2.45) is 5.73 Å². The molecule has 0 fully saturated rings. The van der Waals surface area contributed by atoms with Crippen molar-refractivity contribution in [3.8, 4) is 0 Å². The molecular formula is C10H14Cl2N2. The lowest BCUT2D eigenvalue weighted by molar-refractivity contribution is 0.661. The van der Waals surface area contributed by atoms with Crippen LogP contribution in [-0.2, 0) is 0 Å². The van der Waals surface area contributed by atoms with E-state index in [1.807, 2.05) is 12.1 Å². The summed E-state index contributed by atoms with van der Waals surface area (Å²) >= 11 is 5.93. The van der Waals surface area contributed by atoms with Crippen molar-refractivity contribution in [1.29, 1.82) is 0 Å². The van der Waals surface area contributed by atoms with Crippen LogP contribution in [0.15, 0.2) is 31.1 Å². The maximum Gasteiger partial charge on any atom is 0.0637 e. The van der Waals surface area contributed by atoms with Crippen LogP contribution in [0.2, 0.25) is 5.02 Å². The maximum atomic E-state index is 5.93. The average Bonchev–Trinajstić information content (AvgIpc) is 2.15. The van der Waals surface area contributed by atoms with Gasteiger partial charge in [-0.3, -0.25) is 4.98 Å². The van der Waals surface area contributed by atoms with Crippen LogP contribution < -0.4 is 5.73 Å². The number of hydrogen-bond acceptors (Lipinski definition) is 2. The van der Waals surface area contributed by atoms with Crippen molar-refractivity contribution >= 4 is 24.0 Å². The summed E-state index contributed by atoms with van der Waals surface area (Å²) in [4.78, 5) is 3.90. The molecule has 0 saturated carbocycles. The van der Waals surface area contributed by atoms with Gasteiger partial charge in [-0.15, -0.1) is 19.0 Å². The molecule has 78 valence electrons. The highest BCUT2D eigenvalue weighted by atomic mass is 35.5. The van der Waals surface area contributed by atoms with E-state index in [9.17, 15) is 0 Å². The first-order valence-corrected chi connectivity index (χ1v) is 4.59. The minimum atomic E-state index is -0.0199. The summed E-state index contributed by atoms with van der Waals surface area (Å²) in [6.07, 6.45) is 6.95. The van der Waals surface area contributed by atoms with Crippen LogP contribution in [0, 0.1) is 0 Å². The third kappa shape index (κ3) is 3.66. The van der Waals surface area contributed by atoms with Gasteiger partial charge in [-0.25, -0.2) is 0 Å². The highest BCUT2D eigenvalue weighted by Crippen LogP contribution is 2.22. The maximum absolute atomic E-state index is 5.93. The minimum absolute atomic E-state index is 0. The lowest BCUT2D eigenvalue weighted by Gasteiger charge is -2.11. The van der Waals surface area contributed by atoms with Crippen LogP contribution in [0.25, 0.3) is 0 Å². The third-order valence-electron chi connectivity index (χ3n) is 1.89. The Kier molecular flexibility index (Phi) is 6.54. The summed E-state index contributed by atoms with van der Waals surface area (Å²) in [7, 11) is 0. The zero-order valence-corrected chi connectivity index (χ0v) is 9.39. The first-order chi connectivity index (χ1) is 6.25. The Morgan fingerprint density at radius 1 is 1.64 bits per heavy atom. The van der Waals surface area contributed by atoms with E-state index in [0.717, 1.165) is 18.4 Å². The number of pyridine rings is 1. The summed E-state index contributed by atoms with van der Waals surface area (Å²) in [5, 5.41) is 0.638. The fourth-order valence-corrected chi connectivity index (χ4v) is 1.40. The van der Waals surface area contributed by atoms with Gasteiger partial charge in [-0.1, -0.05) is 17.7 Å². The first-order valence-electron chi connectivity index (χ1n) is 4.21. The Labute approximate surface area is 95.6 Å². The molecule has 0 unspecified atom stereocenters. The Bertz CT molecular complexity index is 289. The average molecular weight is 233 g/mol. The number of hydrogen-bond donors (Lipinski definition) is 1. The zero-order valence-electron chi connectivity index (χ0n) is 7.82. The Morgan fingerprint density at radius 2 is 2.36 bits per heavy atom. The predicted molar refractivity (Wildman–Crippen MR) is 62.9 cm³/mol. The molecule has 4 heteroatoms. The Balaban J connectivity index is 0.00000169. The van der Waals surface area contributed by atoms with Crippen LogP contribution in [0.3, 0.4) is 0 Å². The van der Waals surface area contributed by atoms with E-state index < -0.39 is 0 Å². The molecule has 0 aliphatic heterocycles. The predicted octanol–water partition coefficient (Wildman–Crippen LogP) is 3.12. The standard InChI is InChI=1S/C10H13ClN2.ClH/c1-2-3-4-10(12)8-5-6-13-7-9(8)11;/h2,5-7,10H,1,3-4,12H2;1H/t10-;/m0./s1. The second-order valence-corrected chi connectivity index (χ2v) is 3.28. The lowest BCUT2D eigenvalue weighted by atomic mass is 10.0. The SMILES string of the molecule is C=CCC[C@H](N)c1ccncc1Cl.Cl. The molecule has 0 saturated heterocycles. The molecule has 1 atom stereocenters. The smallest absolute Gasteiger partial charge is 0.0637 e. The largest absolute Gasteiger partial charge is 0.324 e. The van der Waals surface area contributed by atoms with Crippen LogP contribution in [-0.4, -0.2) is 4.98 Å². The van der Waals surface area contributed by atoms with Crippen LogP contribution in [0.4, 0.5) is 0 Å². The minimum Gasteiger partial charge on any atom is -0.324 e. The number of halogens is 2. The molecule has 1 aromatic rings. The Hall–Kier alpha value is -0.570. The molecular weight excluding hydrogens is 219 g/mol. The highest BCUT2D eigenvalue weighted by molar-refractivity contribution is 6.31. The first kappa shape index (κ1) is 13.4.